The molecule has 0 aliphatic rings. The highest BCUT2D eigenvalue weighted by molar-refractivity contribution is 5.75. The van der Waals surface area contributed by atoms with Crippen LogP contribution in [0.25, 0.3) is 0 Å². The van der Waals surface area contributed by atoms with Crippen molar-refractivity contribution in [2.45, 2.75) is 119 Å². The zero-order valence-corrected chi connectivity index (χ0v) is 23.8. The molecule has 0 saturated carbocycles. The van der Waals surface area contributed by atoms with Crippen molar-refractivity contribution in [3.8, 4) is 11.5 Å². The van der Waals surface area contributed by atoms with Gasteiger partial charge in [-0.05, 0) is 90.3 Å². The van der Waals surface area contributed by atoms with Crippen LogP contribution in [0, 0.1) is 5.41 Å². The number of esters is 1. The van der Waals surface area contributed by atoms with Crippen LogP contribution in [0.2, 0.25) is 0 Å². The fraction of sp³-hybridized carbons (Fsp3) is 0.645. The van der Waals surface area contributed by atoms with Crippen LogP contribution in [0.1, 0.15) is 118 Å². The second-order valence-corrected chi connectivity index (χ2v) is 11.7. The van der Waals surface area contributed by atoms with Crippen molar-refractivity contribution in [2.24, 2.45) is 5.41 Å². The van der Waals surface area contributed by atoms with Gasteiger partial charge < -0.3 is 14.6 Å². The summed E-state index contributed by atoms with van der Waals surface area (Å²) in [6, 6.07) is 3.90. The maximum Gasteiger partial charge on any atom is 0.314 e. The first kappa shape index (κ1) is 30.8. The molecular formula is C31H50O4. The molecule has 0 saturated heterocycles. The average molecular weight is 487 g/mol. The van der Waals surface area contributed by atoms with Crippen molar-refractivity contribution in [2.75, 3.05) is 6.79 Å². The van der Waals surface area contributed by atoms with E-state index in [1.165, 1.54) is 30.4 Å². The van der Waals surface area contributed by atoms with Gasteiger partial charge in [0.1, 0.15) is 11.5 Å². The monoisotopic (exact) mass is 486 g/mol. The number of carbonyl (C=O) groups excluding carboxylic acids is 1. The Morgan fingerprint density at radius 2 is 1.69 bits per heavy atom. The van der Waals surface area contributed by atoms with Crippen LogP contribution in [0.3, 0.4) is 0 Å². The minimum Gasteiger partial charge on any atom is -0.508 e. The number of phenolic OH excluding ortho intramolecular Hbond substituents is 1. The molecule has 1 N–H and O–H groups in total. The Bertz CT molecular complexity index is 865. The molecule has 1 aromatic rings. The largest absolute Gasteiger partial charge is 0.508 e. The molecule has 0 heterocycles. The van der Waals surface area contributed by atoms with Crippen molar-refractivity contribution in [1.82, 2.24) is 0 Å². The standard InChI is InChI=1S/C31H50O4/c1-10-11-12-13-19-31(8,9)25-20-27(32)26(18-17-24(4)16-14-15-23(2)3)28(21-25)34-22-35-29(33)30(5,6)7/h15,17,20-21,32H,10-14,16,18-19,22H2,1-9H3. The Morgan fingerprint density at radius 3 is 2.29 bits per heavy atom. The summed E-state index contributed by atoms with van der Waals surface area (Å²) in [5, 5.41) is 11.0. The summed E-state index contributed by atoms with van der Waals surface area (Å²) in [6.07, 6.45) is 12.8. The summed E-state index contributed by atoms with van der Waals surface area (Å²) in [6.45, 7) is 18.3. The highest BCUT2D eigenvalue weighted by Crippen LogP contribution is 2.38. The molecule has 1 aromatic carbocycles. The van der Waals surface area contributed by atoms with Gasteiger partial charge >= 0.3 is 5.97 Å². The molecule has 0 unspecified atom stereocenters. The predicted molar refractivity (Wildman–Crippen MR) is 147 cm³/mol. The normalized spacial score (nSPS) is 12.4. The zero-order chi connectivity index (χ0) is 26.6. The number of unbranched alkanes of at least 4 members (excludes halogenated alkanes) is 3. The van der Waals surface area contributed by atoms with Gasteiger partial charge in [0.15, 0.2) is 0 Å². The van der Waals surface area contributed by atoms with E-state index in [0.29, 0.717) is 12.2 Å². The van der Waals surface area contributed by atoms with E-state index in [2.05, 4.69) is 53.7 Å². The molecule has 0 amide bonds. The smallest absolute Gasteiger partial charge is 0.314 e. The van der Waals surface area contributed by atoms with Crippen LogP contribution in [0.5, 0.6) is 11.5 Å². The summed E-state index contributed by atoms with van der Waals surface area (Å²) in [5.74, 6) is 0.497. The topological polar surface area (TPSA) is 55.8 Å². The van der Waals surface area contributed by atoms with Crippen LogP contribution >= 0.6 is 0 Å². The van der Waals surface area contributed by atoms with Gasteiger partial charge in [0.2, 0.25) is 6.79 Å². The summed E-state index contributed by atoms with van der Waals surface area (Å²) < 4.78 is 11.3. The van der Waals surface area contributed by atoms with Gasteiger partial charge in [-0.25, -0.2) is 0 Å². The minimum absolute atomic E-state index is 0.0972. The van der Waals surface area contributed by atoms with Crippen molar-refractivity contribution < 1.29 is 19.4 Å². The van der Waals surface area contributed by atoms with Gasteiger partial charge in [-0.3, -0.25) is 4.79 Å². The molecular weight excluding hydrogens is 436 g/mol. The molecule has 0 aliphatic carbocycles. The van der Waals surface area contributed by atoms with E-state index in [4.69, 9.17) is 9.47 Å². The summed E-state index contributed by atoms with van der Waals surface area (Å²) in [4.78, 5) is 12.2. The maximum atomic E-state index is 12.2. The van der Waals surface area contributed by atoms with Crippen molar-refractivity contribution in [3.63, 3.8) is 0 Å². The number of carbonyl (C=O) groups is 1. The van der Waals surface area contributed by atoms with Gasteiger partial charge in [0.05, 0.1) is 5.41 Å². The third kappa shape index (κ3) is 11.4. The van der Waals surface area contributed by atoms with Crippen molar-refractivity contribution >= 4 is 5.97 Å². The quantitative estimate of drug-likeness (QED) is 0.123. The molecule has 4 nitrogen and oxygen atoms in total. The molecule has 0 atom stereocenters. The van der Waals surface area contributed by atoms with E-state index >= 15 is 0 Å². The lowest BCUT2D eigenvalue weighted by atomic mass is 9.79. The highest BCUT2D eigenvalue weighted by Gasteiger charge is 2.25. The Balaban J connectivity index is 3.14. The molecule has 0 bridgehead atoms. The fourth-order valence-electron chi connectivity index (χ4n) is 3.82. The van der Waals surface area contributed by atoms with Gasteiger partial charge in [-0.2, -0.15) is 0 Å². The Hall–Kier alpha value is -2.23. The van der Waals surface area contributed by atoms with Gasteiger partial charge in [-0.1, -0.05) is 69.8 Å². The molecule has 0 aliphatic heterocycles. The molecule has 0 spiro atoms. The Morgan fingerprint density at radius 1 is 1.00 bits per heavy atom. The molecule has 198 valence electrons. The van der Waals surface area contributed by atoms with Gasteiger partial charge in [0.25, 0.3) is 0 Å². The van der Waals surface area contributed by atoms with Crippen molar-refractivity contribution in [3.05, 3.63) is 46.6 Å². The summed E-state index contributed by atoms with van der Waals surface area (Å²) in [5.41, 5.74) is 3.67. The van der Waals surface area contributed by atoms with E-state index in [-0.39, 0.29) is 23.9 Å². The number of ether oxygens (including phenoxy) is 2. The number of allylic oxidation sites excluding steroid dienone is 4. The lowest BCUT2D eigenvalue weighted by Gasteiger charge is -2.27. The van der Waals surface area contributed by atoms with E-state index in [1.807, 2.05) is 32.9 Å². The number of phenols is 1. The molecule has 0 radical (unpaired) electrons. The summed E-state index contributed by atoms with van der Waals surface area (Å²) >= 11 is 0. The lowest BCUT2D eigenvalue weighted by Crippen LogP contribution is -2.25. The third-order valence-corrected chi connectivity index (χ3v) is 6.38. The second-order valence-electron chi connectivity index (χ2n) is 11.7. The van der Waals surface area contributed by atoms with E-state index in [9.17, 15) is 9.90 Å². The SMILES string of the molecule is CCCCCCC(C)(C)c1cc(O)c(CC=C(C)CCC=C(C)C)c(OCOC(=O)C(C)(C)C)c1. The third-order valence-electron chi connectivity index (χ3n) is 6.38. The van der Waals surface area contributed by atoms with E-state index in [0.717, 1.165) is 36.8 Å². The number of hydrogen-bond acceptors (Lipinski definition) is 4. The van der Waals surface area contributed by atoms with E-state index < -0.39 is 5.41 Å². The minimum atomic E-state index is -0.595. The first-order chi connectivity index (χ1) is 16.3. The van der Waals surface area contributed by atoms with Crippen LogP contribution in [-0.2, 0) is 21.4 Å². The molecule has 0 aromatic heterocycles. The number of benzene rings is 1. The molecule has 0 fully saturated rings. The number of rotatable bonds is 14. The highest BCUT2D eigenvalue weighted by atomic mass is 16.7. The summed E-state index contributed by atoms with van der Waals surface area (Å²) in [7, 11) is 0. The van der Waals surface area contributed by atoms with Crippen molar-refractivity contribution in [1.29, 1.82) is 0 Å². The van der Waals surface area contributed by atoms with Crippen LogP contribution < -0.4 is 4.74 Å². The average Bonchev–Trinajstić information content (AvgIpc) is 2.75. The Kier molecular flexibility index (Phi) is 12.6. The van der Waals surface area contributed by atoms with E-state index in [1.54, 1.807) is 0 Å². The Labute approximate surface area is 214 Å². The molecule has 35 heavy (non-hydrogen) atoms. The van der Waals surface area contributed by atoms with Crippen LogP contribution in [-0.4, -0.2) is 17.9 Å². The van der Waals surface area contributed by atoms with Gasteiger partial charge in [0, 0.05) is 5.56 Å². The zero-order valence-electron chi connectivity index (χ0n) is 23.8. The number of hydrogen-bond donors (Lipinski definition) is 1. The maximum absolute atomic E-state index is 12.2. The molecule has 1 rings (SSSR count). The van der Waals surface area contributed by atoms with Crippen LogP contribution in [0.4, 0.5) is 0 Å². The molecule has 4 heteroatoms. The predicted octanol–water partition coefficient (Wildman–Crippen LogP) is 8.80. The first-order valence-electron chi connectivity index (χ1n) is 13.2. The lowest BCUT2D eigenvalue weighted by molar-refractivity contribution is -0.159. The first-order valence-corrected chi connectivity index (χ1v) is 13.2. The van der Waals surface area contributed by atoms with Crippen LogP contribution in [0.15, 0.2) is 35.4 Å². The second kappa shape index (κ2) is 14.4. The number of aromatic hydroxyl groups is 1. The van der Waals surface area contributed by atoms with Gasteiger partial charge in [-0.15, -0.1) is 0 Å². The fourth-order valence-corrected chi connectivity index (χ4v) is 3.82.